The molecule has 2 aliphatic carbocycles. The maximum Gasteiger partial charge on any atom is 0.303 e. The second-order valence-corrected chi connectivity index (χ2v) is 13.6. The van der Waals surface area contributed by atoms with Crippen LogP contribution >= 0.6 is 11.6 Å². The van der Waals surface area contributed by atoms with Crippen LogP contribution < -0.4 is 10.2 Å². The number of carbonyl (C=O) groups excluding carboxylic acids is 4. The number of benzene rings is 3. The number of phenolic OH excluding ortho intramolecular Hbond substituents is 1. The lowest BCUT2D eigenvalue weighted by molar-refractivity contribution is -0.142. The number of imide groups is 2. The number of nitrogens with one attached hydrogen (secondary N) is 1. The van der Waals surface area contributed by atoms with Gasteiger partial charge in [-0.15, -0.1) is 0 Å². The Labute approximate surface area is 291 Å². The number of amides is 4. The zero-order chi connectivity index (χ0) is 35.5. The molecule has 0 radical (unpaired) electrons. The van der Waals surface area contributed by atoms with E-state index in [-0.39, 0.29) is 43.7 Å². The molecule has 50 heavy (non-hydrogen) atoms. The second-order valence-electron chi connectivity index (χ2n) is 13.1. The number of anilines is 1. The number of methoxy groups -OCH3 is 1. The summed E-state index contributed by atoms with van der Waals surface area (Å²) in [5, 5.41) is 22.0. The third kappa shape index (κ3) is 5.12. The van der Waals surface area contributed by atoms with Gasteiger partial charge in [-0.2, -0.15) is 5.01 Å². The predicted octanol–water partition coefficient (Wildman–Crippen LogP) is 5.04. The van der Waals surface area contributed by atoms with Crippen LogP contribution in [0.25, 0.3) is 0 Å². The third-order valence-electron chi connectivity index (χ3n) is 10.7. The molecule has 3 aromatic rings. The van der Waals surface area contributed by atoms with Crippen molar-refractivity contribution in [3.05, 3.63) is 100 Å². The summed E-state index contributed by atoms with van der Waals surface area (Å²) >= 11 is 6.31. The van der Waals surface area contributed by atoms with Gasteiger partial charge in [-0.1, -0.05) is 35.4 Å². The van der Waals surface area contributed by atoms with E-state index in [0.29, 0.717) is 27.5 Å². The van der Waals surface area contributed by atoms with E-state index in [2.05, 4.69) is 5.43 Å². The smallest absolute Gasteiger partial charge is 0.303 e. The van der Waals surface area contributed by atoms with Gasteiger partial charge in [-0.3, -0.25) is 34.3 Å². The molecule has 7 rings (SSSR count). The molecule has 13 heteroatoms. The summed E-state index contributed by atoms with van der Waals surface area (Å²) in [6.45, 7) is -0.0515. The van der Waals surface area contributed by atoms with Crippen LogP contribution in [0.15, 0.2) is 78.4 Å². The number of fused-ring (bicyclic) bond motifs is 4. The van der Waals surface area contributed by atoms with Crippen molar-refractivity contribution in [3.63, 3.8) is 0 Å². The fourth-order valence-electron chi connectivity index (χ4n) is 8.56. The number of aromatic hydroxyl groups is 1. The van der Waals surface area contributed by atoms with Crippen LogP contribution in [0.1, 0.15) is 42.7 Å². The quantitative estimate of drug-likeness (QED) is 0.206. The number of nitrogens with zero attached hydrogens (tertiary/aromatic N) is 2. The van der Waals surface area contributed by atoms with Crippen LogP contribution in [0.3, 0.4) is 0 Å². The summed E-state index contributed by atoms with van der Waals surface area (Å²) in [6, 6.07) is 16.4. The molecule has 2 aliphatic heterocycles. The molecule has 2 heterocycles. The van der Waals surface area contributed by atoms with Crippen LogP contribution in [-0.2, 0) is 29.4 Å². The Morgan fingerprint density at radius 2 is 1.72 bits per heavy atom. The number of ether oxygens (including phenoxy) is 1. The maximum absolute atomic E-state index is 15.1. The number of carboxylic acids is 1. The first-order valence-corrected chi connectivity index (χ1v) is 16.7. The van der Waals surface area contributed by atoms with Crippen LogP contribution in [0.4, 0.5) is 10.1 Å². The Morgan fingerprint density at radius 3 is 2.40 bits per heavy atom. The van der Waals surface area contributed by atoms with Gasteiger partial charge in [0, 0.05) is 29.5 Å². The summed E-state index contributed by atoms with van der Waals surface area (Å²) in [4.78, 5) is 69.8. The van der Waals surface area contributed by atoms with E-state index >= 15 is 4.79 Å². The lowest BCUT2D eigenvalue weighted by atomic mass is 9.49. The minimum atomic E-state index is -1.67. The molecule has 4 amide bonds. The number of allylic oxidation sites excluding steroid dienone is 2. The summed E-state index contributed by atoms with van der Waals surface area (Å²) < 4.78 is 19.3. The second kappa shape index (κ2) is 12.6. The zero-order valence-corrected chi connectivity index (χ0v) is 27.6. The van der Waals surface area contributed by atoms with Crippen molar-refractivity contribution in [1.82, 2.24) is 9.91 Å². The van der Waals surface area contributed by atoms with Crippen molar-refractivity contribution in [2.24, 2.45) is 23.7 Å². The molecule has 3 N–H and O–H groups in total. The van der Waals surface area contributed by atoms with E-state index in [1.54, 1.807) is 36.4 Å². The van der Waals surface area contributed by atoms with Crippen molar-refractivity contribution in [2.75, 3.05) is 19.1 Å². The molecule has 1 saturated carbocycles. The maximum atomic E-state index is 15.1. The molecule has 6 atom stereocenters. The highest BCUT2D eigenvalue weighted by Crippen LogP contribution is 2.65. The topological polar surface area (TPSA) is 154 Å². The highest BCUT2D eigenvalue weighted by atomic mass is 35.5. The summed E-state index contributed by atoms with van der Waals surface area (Å²) in [6.07, 6.45) is 1.92. The largest absolute Gasteiger partial charge is 0.508 e. The van der Waals surface area contributed by atoms with E-state index in [1.807, 2.05) is 6.08 Å². The summed E-state index contributed by atoms with van der Waals surface area (Å²) in [5.41, 5.74) is 2.86. The lowest BCUT2D eigenvalue weighted by Gasteiger charge is -2.50. The van der Waals surface area contributed by atoms with Gasteiger partial charge in [0.05, 0.1) is 36.0 Å². The summed E-state index contributed by atoms with van der Waals surface area (Å²) in [5.74, 6) is -7.80. The van der Waals surface area contributed by atoms with Crippen molar-refractivity contribution in [2.45, 2.75) is 37.0 Å². The Kier molecular flexibility index (Phi) is 8.37. The van der Waals surface area contributed by atoms with Crippen LogP contribution in [0.2, 0.25) is 5.02 Å². The van der Waals surface area contributed by atoms with Gasteiger partial charge in [-0.25, -0.2) is 4.39 Å². The minimum Gasteiger partial charge on any atom is -0.508 e. The predicted molar refractivity (Wildman–Crippen MR) is 177 cm³/mol. The van der Waals surface area contributed by atoms with E-state index in [9.17, 15) is 28.7 Å². The zero-order valence-electron chi connectivity index (χ0n) is 26.8. The Balaban J connectivity index is 1.42. The molecule has 2 saturated heterocycles. The highest BCUT2D eigenvalue weighted by molar-refractivity contribution is 6.30. The number of carbonyl (C=O) groups is 5. The van der Waals surface area contributed by atoms with Gasteiger partial charge in [-0.05, 0) is 85.3 Å². The van der Waals surface area contributed by atoms with Gasteiger partial charge < -0.3 is 14.9 Å². The first kappa shape index (κ1) is 33.3. The van der Waals surface area contributed by atoms with Gasteiger partial charge in [0.15, 0.2) is 0 Å². The number of phenols is 1. The van der Waals surface area contributed by atoms with Gasteiger partial charge >= 0.3 is 5.97 Å². The average Bonchev–Trinajstić information content (AvgIpc) is 3.47. The molecule has 0 spiro atoms. The first-order valence-electron chi connectivity index (χ1n) is 16.3. The number of carboxylic acid groups (broad SMARTS) is 1. The van der Waals surface area contributed by atoms with Crippen LogP contribution in [-0.4, -0.2) is 63.4 Å². The molecule has 11 nitrogen and oxygen atoms in total. The Hall–Kier alpha value is -5.23. The molecular formula is C37H33ClFN3O8. The molecular weight excluding hydrogens is 669 g/mol. The monoisotopic (exact) mass is 701 g/mol. The Bertz CT molecular complexity index is 1950. The molecule has 4 aliphatic rings. The van der Waals surface area contributed by atoms with E-state index < -0.39 is 70.4 Å². The van der Waals surface area contributed by atoms with Gasteiger partial charge in [0.2, 0.25) is 11.8 Å². The number of hydrogen-bond acceptors (Lipinski definition) is 8. The van der Waals surface area contributed by atoms with Crippen LogP contribution in [0.5, 0.6) is 11.5 Å². The molecule has 3 fully saturated rings. The van der Waals surface area contributed by atoms with E-state index in [1.165, 1.54) is 37.4 Å². The third-order valence-corrected chi connectivity index (χ3v) is 10.9. The average molecular weight is 702 g/mol. The molecule has 258 valence electrons. The van der Waals surface area contributed by atoms with Crippen molar-refractivity contribution >= 4 is 46.9 Å². The minimum absolute atomic E-state index is 0.0189. The molecule has 0 bridgehead atoms. The van der Waals surface area contributed by atoms with Crippen molar-refractivity contribution in [3.8, 4) is 11.5 Å². The van der Waals surface area contributed by atoms with Gasteiger partial charge in [0.25, 0.3) is 11.8 Å². The fourth-order valence-corrected chi connectivity index (χ4v) is 8.69. The van der Waals surface area contributed by atoms with Crippen LogP contribution in [0, 0.1) is 29.5 Å². The lowest BCUT2D eigenvalue weighted by Crippen LogP contribution is -2.53. The van der Waals surface area contributed by atoms with E-state index in [0.717, 1.165) is 9.91 Å². The number of halogens is 2. The fraction of sp³-hybridized carbons (Fsp3) is 0.324. The molecule has 3 aromatic carbocycles. The standard InChI is InChI=1S/C37H33ClFN3O8/c1-50-23-12-15-29(43)27(17-23)32-24-13-14-25-31(35(48)41(33(25)46)16-2-3-30(44)45)26(24)18-28-34(47)42(40-22-10-8-21(39)9-11-22)36(49)37(28,32)19-4-6-20(38)7-5-19/h4-13,15,17,25-26,28,31-32,40,43H,2-3,14,16,18H2,1H3,(H,44,45)/t25-,26+,28-,31-,32+,37+/m0/s1. The van der Waals surface area contributed by atoms with Gasteiger partial charge in [0.1, 0.15) is 17.3 Å². The summed E-state index contributed by atoms with van der Waals surface area (Å²) in [7, 11) is 1.46. The van der Waals surface area contributed by atoms with E-state index in [4.69, 9.17) is 21.4 Å². The normalized spacial score (nSPS) is 27.1. The first-order chi connectivity index (χ1) is 24.0. The van der Waals surface area contributed by atoms with Crippen molar-refractivity contribution < 1.29 is 43.3 Å². The number of likely N-dealkylation sites (tertiary alicyclic amines) is 1. The highest BCUT2D eigenvalue weighted by Gasteiger charge is 2.70. The number of hydrogen-bond donors (Lipinski definition) is 3. The number of hydrazine groups is 1. The molecule has 0 unspecified atom stereocenters. The molecule has 0 aromatic heterocycles. The SMILES string of the molecule is COc1ccc(O)c([C@H]2C3=CC[C@@H]4C(=O)N(CCCC(=O)O)C(=O)[C@@H]4[C@@H]3C[C@H]3C(=O)N(Nc4ccc(F)cc4)C(=O)[C@@]23c2ccc(Cl)cc2)c1. The number of rotatable bonds is 9. The number of aliphatic carboxylic acids is 1. The van der Waals surface area contributed by atoms with Crippen molar-refractivity contribution in [1.29, 1.82) is 0 Å². The Morgan fingerprint density at radius 1 is 1.00 bits per heavy atom.